The molecule has 3 nitrogen and oxygen atoms in total. The van der Waals surface area contributed by atoms with Gasteiger partial charge in [-0.05, 0) is 17.7 Å². The lowest BCUT2D eigenvalue weighted by Gasteiger charge is -2.07. The van der Waals surface area contributed by atoms with Gasteiger partial charge < -0.3 is 5.11 Å². The quantitative estimate of drug-likeness (QED) is 0.867. The second-order valence-electron chi connectivity index (χ2n) is 3.73. The van der Waals surface area contributed by atoms with E-state index in [1.807, 2.05) is 0 Å². The highest BCUT2D eigenvalue weighted by atomic mass is 35.5. The van der Waals surface area contributed by atoms with E-state index in [4.69, 9.17) is 16.7 Å². The van der Waals surface area contributed by atoms with E-state index >= 15 is 0 Å². The minimum atomic E-state index is -0.974. The number of pyridine rings is 1. The van der Waals surface area contributed by atoms with Gasteiger partial charge in [0.25, 0.3) is 0 Å². The predicted molar refractivity (Wildman–Crippen MR) is 66.0 cm³/mol. The van der Waals surface area contributed by atoms with Gasteiger partial charge in [-0.15, -0.1) is 0 Å². The number of halogens is 2. The Morgan fingerprint density at radius 2 is 2.06 bits per heavy atom. The van der Waals surface area contributed by atoms with Crippen molar-refractivity contribution in [2.75, 3.05) is 0 Å². The van der Waals surface area contributed by atoms with Gasteiger partial charge in [0, 0.05) is 17.3 Å². The maximum absolute atomic E-state index is 13.6. The molecule has 2 rings (SSSR count). The molecule has 0 fully saturated rings. The van der Waals surface area contributed by atoms with Gasteiger partial charge in [0.2, 0.25) is 0 Å². The number of carboxylic acids is 1. The highest BCUT2D eigenvalue weighted by molar-refractivity contribution is 6.32. The van der Waals surface area contributed by atoms with Crippen molar-refractivity contribution < 1.29 is 14.3 Å². The van der Waals surface area contributed by atoms with E-state index in [-0.39, 0.29) is 11.6 Å². The molecule has 0 aliphatic heterocycles. The van der Waals surface area contributed by atoms with Crippen LogP contribution in [-0.2, 0) is 11.2 Å². The summed E-state index contributed by atoms with van der Waals surface area (Å²) in [6.07, 6.45) is 1.20. The fourth-order valence-corrected chi connectivity index (χ4v) is 1.84. The van der Waals surface area contributed by atoms with Gasteiger partial charge in [-0.3, -0.25) is 4.79 Å². The molecule has 0 radical (unpaired) electrons. The standard InChI is InChI=1S/C13H9ClFNO2/c14-13-10(9-3-1-2-4-11(9)15)5-8(7-16-13)6-12(17)18/h1-5,7H,6H2,(H,17,18). The summed E-state index contributed by atoms with van der Waals surface area (Å²) in [6, 6.07) is 7.68. The van der Waals surface area contributed by atoms with E-state index in [0.717, 1.165) is 0 Å². The van der Waals surface area contributed by atoms with Crippen LogP contribution in [0.3, 0.4) is 0 Å². The van der Waals surface area contributed by atoms with Crippen LogP contribution in [0.25, 0.3) is 11.1 Å². The van der Waals surface area contributed by atoms with Gasteiger partial charge in [0.05, 0.1) is 6.42 Å². The van der Waals surface area contributed by atoms with Crippen molar-refractivity contribution in [2.24, 2.45) is 0 Å². The molecule has 2 aromatic rings. The summed E-state index contributed by atoms with van der Waals surface area (Å²) in [5, 5.41) is 8.86. The molecule has 92 valence electrons. The lowest BCUT2D eigenvalue weighted by molar-refractivity contribution is -0.136. The van der Waals surface area contributed by atoms with Crippen LogP contribution in [0.2, 0.25) is 5.15 Å². The Labute approximate surface area is 108 Å². The molecule has 1 N–H and O–H groups in total. The van der Waals surface area contributed by atoms with Gasteiger partial charge in [-0.25, -0.2) is 9.37 Å². The average molecular weight is 266 g/mol. The Hall–Kier alpha value is -1.94. The molecular formula is C13H9ClFNO2. The third-order valence-corrected chi connectivity index (χ3v) is 2.72. The number of carboxylic acid groups (broad SMARTS) is 1. The Morgan fingerprint density at radius 1 is 1.33 bits per heavy atom. The summed E-state index contributed by atoms with van der Waals surface area (Å²) >= 11 is 5.91. The van der Waals surface area contributed by atoms with Crippen molar-refractivity contribution in [3.8, 4) is 11.1 Å². The highest BCUT2D eigenvalue weighted by Crippen LogP contribution is 2.29. The molecule has 0 unspecified atom stereocenters. The minimum absolute atomic E-state index is 0.147. The Balaban J connectivity index is 2.50. The number of rotatable bonds is 3. The number of carbonyl (C=O) groups is 1. The van der Waals surface area contributed by atoms with Gasteiger partial charge in [-0.1, -0.05) is 29.8 Å². The molecular weight excluding hydrogens is 257 g/mol. The number of aliphatic carboxylic acids is 1. The van der Waals surface area contributed by atoms with E-state index in [2.05, 4.69) is 4.98 Å². The first-order valence-electron chi connectivity index (χ1n) is 5.19. The Bertz CT molecular complexity index is 601. The molecule has 0 atom stereocenters. The largest absolute Gasteiger partial charge is 0.481 e. The molecule has 0 amide bonds. The molecule has 18 heavy (non-hydrogen) atoms. The van der Waals surface area contributed by atoms with Crippen molar-refractivity contribution in [2.45, 2.75) is 6.42 Å². The number of aromatic nitrogens is 1. The minimum Gasteiger partial charge on any atom is -0.481 e. The van der Waals surface area contributed by atoms with Crippen LogP contribution in [0.15, 0.2) is 36.5 Å². The normalized spacial score (nSPS) is 10.3. The summed E-state index contributed by atoms with van der Waals surface area (Å²) in [5.41, 5.74) is 1.18. The summed E-state index contributed by atoms with van der Waals surface area (Å²) in [6.45, 7) is 0. The van der Waals surface area contributed by atoms with Crippen molar-refractivity contribution >= 4 is 17.6 Å². The predicted octanol–water partition coefficient (Wildman–Crippen LogP) is 3.17. The lowest BCUT2D eigenvalue weighted by atomic mass is 10.0. The maximum Gasteiger partial charge on any atom is 0.307 e. The van der Waals surface area contributed by atoms with Crippen LogP contribution in [0.4, 0.5) is 4.39 Å². The summed E-state index contributed by atoms with van der Waals surface area (Å²) < 4.78 is 13.6. The third-order valence-electron chi connectivity index (χ3n) is 2.42. The molecule has 0 bridgehead atoms. The smallest absolute Gasteiger partial charge is 0.307 e. The third kappa shape index (κ3) is 2.65. The fraction of sp³-hybridized carbons (Fsp3) is 0.0769. The van der Waals surface area contributed by atoms with Crippen molar-refractivity contribution in [1.29, 1.82) is 0 Å². The van der Waals surface area contributed by atoms with E-state index in [1.165, 1.54) is 12.3 Å². The summed E-state index contributed by atoms with van der Waals surface area (Å²) in [7, 11) is 0. The second-order valence-corrected chi connectivity index (χ2v) is 4.09. The first-order valence-corrected chi connectivity index (χ1v) is 5.57. The van der Waals surface area contributed by atoms with Crippen LogP contribution in [0.1, 0.15) is 5.56 Å². The number of benzene rings is 1. The molecule has 1 heterocycles. The second kappa shape index (κ2) is 5.14. The molecule has 5 heteroatoms. The number of hydrogen-bond acceptors (Lipinski definition) is 2. The molecule has 0 spiro atoms. The van der Waals surface area contributed by atoms with E-state index < -0.39 is 11.8 Å². The Morgan fingerprint density at radius 3 is 2.72 bits per heavy atom. The topological polar surface area (TPSA) is 50.2 Å². The van der Waals surface area contributed by atoms with Gasteiger partial charge >= 0.3 is 5.97 Å². The first kappa shape index (κ1) is 12.5. The zero-order valence-corrected chi connectivity index (χ0v) is 9.99. The Kier molecular flexibility index (Phi) is 3.58. The van der Waals surface area contributed by atoms with E-state index in [9.17, 15) is 9.18 Å². The van der Waals surface area contributed by atoms with Gasteiger partial charge in [-0.2, -0.15) is 0 Å². The van der Waals surface area contributed by atoms with Crippen LogP contribution < -0.4 is 0 Å². The van der Waals surface area contributed by atoms with E-state index in [1.54, 1.807) is 24.3 Å². The van der Waals surface area contributed by atoms with Crippen LogP contribution in [-0.4, -0.2) is 16.1 Å². The fourth-order valence-electron chi connectivity index (χ4n) is 1.63. The lowest BCUT2D eigenvalue weighted by Crippen LogP contribution is -2.01. The van der Waals surface area contributed by atoms with Crippen molar-refractivity contribution in [3.05, 3.63) is 53.1 Å². The molecule has 0 aliphatic carbocycles. The summed E-state index contributed by atoms with van der Waals surface area (Å²) in [4.78, 5) is 14.5. The maximum atomic E-state index is 13.6. The highest BCUT2D eigenvalue weighted by Gasteiger charge is 2.11. The average Bonchev–Trinajstić information content (AvgIpc) is 2.32. The monoisotopic (exact) mass is 265 g/mol. The van der Waals surface area contributed by atoms with Gasteiger partial charge in [0.1, 0.15) is 11.0 Å². The first-order chi connectivity index (χ1) is 8.58. The molecule has 1 aromatic heterocycles. The number of nitrogens with zero attached hydrogens (tertiary/aromatic N) is 1. The van der Waals surface area contributed by atoms with Gasteiger partial charge in [0.15, 0.2) is 0 Å². The van der Waals surface area contributed by atoms with Crippen molar-refractivity contribution in [1.82, 2.24) is 4.98 Å². The molecule has 1 aromatic carbocycles. The van der Waals surface area contributed by atoms with Crippen LogP contribution in [0, 0.1) is 5.82 Å². The van der Waals surface area contributed by atoms with Crippen molar-refractivity contribution in [3.63, 3.8) is 0 Å². The molecule has 0 saturated heterocycles. The zero-order chi connectivity index (χ0) is 13.1. The molecule has 0 aliphatic rings. The SMILES string of the molecule is O=C(O)Cc1cnc(Cl)c(-c2ccccc2F)c1. The van der Waals surface area contributed by atoms with E-state index in [0.29, 0.717) is 16.7 Å². The van der Waals surface area contributed by atoms with Crippen LogP contribution in [0.5, 0.6) is 0 Å². The number of hydrogen-bond donors (Lipinski definition) is 1. The summed E-state index contributed by atoms with van der Waals surface area (Å²) in [5.74, 6) is -1.40. The zero-order valence-electron chi connectivity index (χ0n) is 9.23. The molecule has 0 saturated carbocycles. The van der Waals surface area contributed by atoms with Crippen LogP contribution >= 0.6 is 11.6 Å².